The van der Waals surface area contributed by atoms with Gasteiger partial charge in [0.1, 0.15) is 0 Å². The van der Waals surface area contributed by atoms with Crippen LogP contribution in [0.15, 0.2) is 12.2 Å². The third-order valence-electron chi connectivity index (χ3n) is 3.51. The molecule has 0 aliphatic rings. The third-order valence-corrected chi connectivity index (χ3v) is 3.51. The molecule has 0 unspecified atom stereocenters. The first-order chi connectivity index (χ1) is 10.6. The number of carboxylic acids is 1. The minimum atomic E-state index is -1.08. The van der Waals surface area contributed by atoms with E-state index in [-0.39, 0.29) is 38.4 Å². The van der Waals surface area contributed by atoms with Gasteiger partial charge in [-0.05, 0) is 32.6 Å². The van der Waals surface area contributed by atoms with Crippen molar-refractivity contribution in [3.05, 3.63) is 19.1 Å². The van der Waals surface area contributed by atoms with Gasteiger partial charge in [0, 0.05) is 5.97 Å². The second-order valence-corrected chi connectivity index (χ2v) is 5.93. The summed E-state index contributed by atoms with van der Waals surface area (Å²) in [6.07, 6.45) is 23.8. The molecular weight excluding hydrogens is 395 g/mol. The maximum absolute atomic E-state index is 8.89. The van der Waals surface area contributed by atoms with Crippen molar-refractivity contribution >= 4 is 5.97 Å². The number of carboxylic acid groups (broad SMARTS) is 1. The molecule has 0 amide bonds. The Balaban J connectivity index is -0.0000000808. The Hall–Kier alpha value is -0.456. The van der Waals surface area contributed by atoms with Crippen molar-refractivity contribution in [2.75, 3.05) is 0 Å². The Bertz CT molecular complexity index is 229. The van der Waals surface area contributed by atoms with Crippen LogP contribution < -0.4 is 5.11 Å². The molecule has 7 heteroatoms. The molecule has 0 fully saturated rings. The molecule has 0 rings (SSSR count). The summed E-state index contributed by atoms with van der Waals surface area (Å²) in [5.41, 5.74) is 0. The van der Waals surface area contributed by atoms with Crippen LogP contribution in [0.4, 0.5) is 0 Å². The number of hydrogen-bond donors (Lipinski definition) is 0. The van der Waals surface area contributed by atoms with E-state index in [9.17, 15) is 0 Å². The van der Waals surface area contributed by atoms with Crippen molar-refractivity contribution in [2.45, 2.75) is 104 Å². The van der Waals surface area contributed by atoms with Gasteiger partial charge >= 0.3 is 16.5 Å². The van der Waals surface area contributed by atoms with Crippen LogP contribution in [0.2, 0.25) is 0 Å². The van der Waals surface area contributed by atoms with Gasteiger partial charge in [-0.25, -0.2) is 0 Å². The number of aliphatic carboxylic acids is 1. The molecule has 0 aliphatic heterocycles. The first-order valence-corrected chi connectivity index (χ1v) is 9.27. The second-order valence-electron chi connectivity index (χ2n) is 5.93. The van der Waals surface area contributed by atoms with Gasteiger partial charge in [-0.2, -0.15) is 6.42 Å². The normalized spacial score (nSPS) is 8.56. The molecule has 0 radical (unpaired) electrons. The van der Waals surface area contributed by atoms with Crippen molar-refractivity contribution in [3.63, 3.8) is 0 Å². The maximum Gasteiger partial charge on any atom is 2.00 e. The summed E-state index contributed by atoms with van der Waals surface area (Å²) in [6.45, 7) is 7.13. The van der Waals surface area contributed by atoms with Crippen molar-refractivity contribution in [2.24, 2.45) is 0 Å². The Morgan fingerprint density at radius 1 is 0.741 bits per heavy atom. The van der Waals surface area contributed by atoms with Crippen LogP contribution in [0.1, 0.15) is 104 Å². The van der Waals surface area contributed by atoms with Crippen LogP contribution in [-0.4, -0.2) is 27.9 Å². The zero-order chi connectivity index (χ0) is 16.9. The molecular formula is C20H46NiO6. The molecule has 6 nitrogen and oxygen atoms in total. The standard InChI is InChI=1S/C18H35.C2H4O2.Ni.4H2O/c1-3-5-7-9-11-13-15-17-18-16-14-12-10-8-6-4-2;1-2(3)4;;;;;/h17-18H,1,3-16H2,2H3;1H3,(H,3,4);;4*1H2/q-1;;+2;;;;/p-1/b18-17-;;;;;;. The van der Waals surface area contributed by atoms with E-state index < -0.39 is 5.97 Å². The van der Waals surface area contributed by atoms with Crippen LogP contribution in [-0.2, 0) is 21.3 Å². The minimum absolute atomic E-state index is 0. The number of unbranched alkanes of at least 4 members (excludes halogenated alkanes) is 12. The van der Waals surface area contributed by atoms with Gasteiger partial charge in [0.05, 0.1) is 0 Å². The van der Waals surface area contributed by atoms with E-state index in [2.05, 4.69) is 26.0 Å². The van der Waals surface area contributed by atoms with Crippen molar-refractivity contribution < 1.29 is 48.3 Å². The van der Waals surface area contributed by atoms with Crippen LogP contribution in [0.25, 0.3) is 0 Å². The quantitative estimate of drug-likeness (QED) is 0.175. The van der Waals surface area contributed by atoms with E-state index in [0.29, 0.717) is 0 Å². The van der Waals surface area contributed by atoms with E-state index in [0.717, 1.165) is 13.3 Å². The molecule has 0 heterocycles. The molecule has 0 aliphatic carbocycles. The third kappa shape index (κ3) is 66.9. The summed E-state index contributed by atoms with van der Waals surface area (Å²) < 4.78 is 0. The van der Waals surface area contributed by atoms with E-state index in [1.807, 2.05) is 0 Å². The maximum atomic E-state index is 8.89. The first kappa shape index (κ1) is 45.3. The van der Waals surface area contributed by atoms with E-state index >= 15 is 0 Å². The monoisotopic (exact) mass is 440 g/mol. The van der Waals surface area contributed by atoms with Crippen molar-refractivity contribution in [1.82, 2.24) is 0 Å². The summed E-state index contributed by atoms with van der Waals surface area (Å²) in [7, 11) is 0. The number of allylic oxidation sites excluding steroid dienone is 2. The molecule has 0 saturated carbocycles. The van der Waals surface area contributed by atoms with Gasteiger partial charge in [-0.3, -0.25) is 0 Å². The SMILES string of the molecule is CC(=O)[O-].O.O.O.O.[CH2-]CCCCCCC/C=C\CCCCCCCC.[Ni+2]. The van der Waals surface area contributed by atoms with Gasteiger partial charge in [0.15, 0.2) is 0 Å². The summed E-state index contributed by atoms with van der Waals surface area (Å²) in [4.78, 5) is 8.89. The van der Waals surface area contributed by atoms with Gasteiger partial charge in [-0.15, -0.1) is 0 Å². The Labute approximate surface area is 177 Å². The summed E-state index contributed by atoms with van der Waals surface area (Å²) >= 11 is 0. The van der Waals surface area contributed by atoms with Gasteiger partial charge in [-0.1, -0.05) is 76.9 Å². The molecule has 27 heavy (non-hydrogen) atoms. The van der Waals surface area contributed by atoms with E-state index in [1.54, 1.807) is 0 Å². The average Bonchev–Trinajstić information content (AvgIpc) is 2.47. The Morgan fingerprint density at radius 2 is 1.04 bits per heavy atom. The summed E-state index contributed by atoms with van der Waals surface area (Å²) in [5, 5.41) is 8.89. The largest absolute Gasteiger partial charge is 2.00 e. The fraction of sp³-hybridized carbons (Fsp3) is 0.800. The molecule has 0 bridgehead atoms. The van der Waals surface area contributed by atoms with Crippen LogP contribution in [0.5, 0.6) is 0 Å². The number of carbonyl (C=O) groups excluding carboxylic acids is 1. The molecule has 0 aromatic rings. The van der Waals surface area contributed by atoms with E-state index in [1.165, 1.54) is 83.5 Å². The van der Waals surface area contributed by atoms with Gasteiger partial charge in [0.25, 0.3) is 0 Å². The fourth-order valence-electron chi connectivity index (χ4n) is 2.25. The van der Waals surface area contributed by atoms with Gasteiger partial charge < -0.3 is 38.7 Å². The summed E-state index contributed by atoms with van der Waals surface area (Å²) in [5.74, 6) is -1.08. The van der Waals surface area contributed by atoms with Crippen molar-refractivity contribution in [1.29, 1.82) is 0 Å². The zero-order valence-corrected chi connectivity index (χ0v) is 18.4. The zero-order valence-electron chi connectivity index (χ0n) is 17.4. The van der Waals surface area contributed by atoms with Gasteiger partial charge in [0.2, 0.25) is 0 Å². The number of hydrogen-bond acceptors (Lipinski definition) is 2. The molecule has 172 valence electrons. The topological polar surface area (TPSA) is 166 Å². The molecule has 8 N–H and O–H groups in total. The Kier molecular flexibility index (Phi) is 75.1. The predicted octanol–water partition coefficient (Wildman–Crippen LogP) is 2.31. The minimum Gasteiger partial charge on any atom is -0.550 e. The molecule has 0 aromatic heterocycles. The molecule has 0 atom stereocenters. The van der Waals surface area contributed by atoms with Crippen LogP contribution in [0.3, 0.4) is 0 Å². The molecule has 0 saturated heterocycles. The van der Waals surface area contributed by atoms with Crippen molar-refractivity contribution in [3.8, 4) is 0 Å². The smallest absolute Gasteiger partial charge is 0.550 e. The molecule has 0 aromatic carbocycles. The van der Waals surface area contributed by atoms with Crippen LogP contribution in [0, 0.1) is 6.92 Å². The first-order valence-electron chi connectivity index (χ1n) is 9.27. The predicted molar refractivity (Wildman–Crippen MR) is 110 cm³/mol. The molecule has 0 spiro atoms. The number of carbonyl (C=O) groups is 1. The number of rotatable bonds is 14. The average molecular weight is 441 g/mol. The van der Waals surface area contributed by atoms with E-state index in [4.69, 9.17) is 9.90 Å². The summed E-state index contributed by atoms with van der Waals surface area (Å²) in [6, 6.07) is 0. The fourth-order valence-corrected chi connectivity index (χ4v) is 2.25. The van der Waals surface area contributed by atoms with Crippen LogP contribution >= 0.6 is 0 Å². The Morgan fingerprint density at radius 3 is 1.37 bits per heavy atom. The second kappa shape index (κ2) is 44.7.